The minimum Gasteiger partial charge on any atom is -0.207 e. The number of rotatable bonds is 0. The summed E-state index contributed by atoms with van der Waals surface area (Å²) in [6.45, 7) is 14.2. The van der Waals surface area contributed by atoms with Crippen molar-refractivity contribution < 1.29 is 35.1 Å². The molecule has 8 unspecified atom stereocenters. The average molecular weight is 593 g/mol. The van der Waals surface area contributed by atoms with Crippen LogP contribution in [0, 0.1) is 47.3 Å². The van der Waals surface area contributed by atoms with E-state index in [0.29, 0.717) is 25.7 Å². The summed E-state index contributed by atoms with van der Waals surface area (Å²) in [7, 11) is 0. The largest absolute Gasteiger partial charge is 0.250 e. The van der Waals surface area contributed by atoms with Crippen LogP contribution in [0.3, 0.4) is 0 Å². The van der Waals surface area contributed by atoms with Crippen molar-refractivity contribution in [2.75, 3.05) is 0 Å². The van der Waals surface area contributed by atoms with Crippen LogP contribution < -0.4 is 0 Å². The van der Waals surface area contributed by atoms with Gasteiger partial charge in [-0.2, -0.15) is 0 Å². The zero-order chi connectivity index (χ0) is 31.1. The van der Waals surface area contributed by atoms with Gasteiger partial charge in [0.25, 0.3) is 23.7 Å². The van der Waals surface area contributed by atoms with Crippen LogP contribution in [0.15, 0.2) is 0 Å². The van der Waals surface area contributed by atoms with Crippen molar-refractivity contribution in [3.05, 3.63) is 0 Å². The Kier molecular flexibility index (Phi) is 14.3. The van der Waals surface area contributed by atoms with Crippen molar-refractivity contribution in [1.29, 1.82) is 0 Å². The second kappa shape index (κ2) is 15.3. The van der Waals surface area contributed by atoms with Gasteiger partial charge in [0.1, 0.15) is 0 Å². The van der Waals surface area contributed by atoms with Gasteiger partial charge in [-0.3, -0.25) is 0 Å². The summed E-state index contributed by atoms with van der Waals surface area (Å²) in [6.07, 6.45) is 7.00. The van der Waals surface area contributed by atoms with Crippen LogP contribution in [0.5, 0.6) is 0 Å². The van der Waals surface area contributed by atoms with Crippen molar-refractivity contribution >= 4 is 0 Å². The number of halogens is 8. The third-order valence-electron chi connectivity index (χ3n) is 9.74. The molecule has 0 N–H and O–H groups in total. The molecule has 0 bridgehead atoms. The standard InChI is InChI=1S/4C8H14F2/c4*1-6-3-4-7(2)8(9,10)5-6/h4*6-7H,3-5H2,1-2H3. The molecule has 0 heterocycles. The first kappa shape index (κ1) is 37.5. The molecule has 8 heteroatoms. The van der Waals surface area contributed by atoms with Gasteiger partial charge in [0.05, 0.1) is 0 Å². The highest BCUT2D eigenvalue weighted by Gasteiger charge is 2.43. The number of hydrogen-bond donors (Lipinski definition) is 0. The van der Waals surface area contributed by atoms with E-state index in [2.05, 4.69) is 0 Å². The van der Waals surface area contributed by atoms with Gasteiger partial charge in [-0.15, -0.1) is 0 Å². The molecular formula is C32H56F8. The van der Waals surface area contributed by atoms with Crippen LogP contribution in [-0.4, -0.2) is 23.7 Å². The Balaban J connectivity index is 0.000000267. The fourth-order valence-corrected chi connectivity index (χ4v) is 6.05. The zero-order valence-electron chi connectivity index (χ0n) is 26.1. The maximum Gasteiger partial charge on any atom is 0.250 e. The fourth-order valence-electron chi connectivity index (χ4n) is 6.05. The molecule has 4 saturated carbocycles. The molecule has 4 aliphatic carbocycles. The van der Waals surface area contributed by atoms with Gasteiger partial charge in [-0.05, 0) is 49.4 Å². The SMILES string of the molecule is CC1CCC(C)C(F)(F)C1.CC1CCC(C)C(F)(F)C1.CC1CCC(C)C(F)(F)C1.CC1CCC(C)C(F)(F)C1. The van der Waals surface area contributed by atoms with Crippen molar-refractivity contribution in [2.24, 2.45) is 47.3 Å². The van der Waals surface area contributed by atoms with Crippen LogP contribution in [0.2, 0.25) is 0 Å². The lowest BCUT2D eigenvalue weighted by Crippen LogP contribution is -2.32. The van der Waals surface area contributed by atoms with E-state index in [4.69, 9.17) is 0 Å². The van der Waals surface area contributed by atoms with Gasteiger partial charge in [-0.25, -0.2) is 35.1 Å². The van der Waals surface area contributed by atoms with Crippen molar-refractivity contribution in [2.45, 2.75) is 156 Å². The summed E-state index contributed by atoms with van der Waals surface area (Å²) in [5.41, 5.74) is 0. The molecular weight excluding hydrogens is 536 g/mol. The first-order valence-electron chi connectivity index (χ1n) is 15.6. The lowest BCUT2D eigenvalue weighted by Gasteiger charge is -2.32. The van der Waals surface area contributed by atoms with Gasteiger partial charge in [-0.1, -0.05) is 81.1 Å². The molecule has 0 aromatic rings. The van der Waals surface area contributed by atoms with E-state index >= 15 is 0 Å². The van der Waals surface area contributed by atoms with Crippen LogP contribution in [0.25, 0.3) is 0 Å². The summed E-state index contributed by atoms with van der Waals surface area (Å²) in [6, 6.07) is 0. The lowest BCUT2D eigenvalue weighted by atomic mass is 9.81. The van der Waals surface area contributed by atoms with Crippen molar-refractivity contribution in [3.63, 3.8) is 0 Å². The van der Waals surface area contributed by atoms with Crippen LogP contribution in [0.4, 0.5) is 35.1 Å². The molecule has 0 saturated heterocycles. The quantitative estimate of drug-likeness (QED) is 0.246. The second-order valence-electron chi connectivity index (χ2n) is 14.2. The predicted molar refractivity (Wildman–Crippen MR) is 149 cm³/mol. The molecule has 240 valence electrons. The van der Waals surface area contributed by atoms with Crippen molar-refractivity contribution in [1.82, 2.24) is 0 Å². The fraction of sp³-hybridized carbons (Fsp3) is 1.00. The molecule has 0 aromatic carbocycles. The number of alkyl halides is 8. The third-order valence-corrected chi connectivity index (χ3v) is 9.74. The lowest BCUT2D eigenvalue weighted by molar-refractivity contribution is -0.0931. The molecule has 40 heavy (non-hydrogen) atoms. The van der Waals surface area contributed by atoms with Gasteiger partial charge in [0.2, 0.25) is 0 Å². The van der Waals surface area contributed by atoms with Gasteiger partial charge in [0, 0.05) is 49.4 Å². The van der Waals surface area contributed by atoms with E-state index in [1.807, 2.05) is 27.7 Å². The molecule has 0 nitrogen and oxygen atoms in total. The first-order valence-corrected chi connectivity index (χ1v) is 15.6. The molecule has 4 rings (SSSR count). The molecule has 0 aromatic heterocycles. The Morgan fingerprint density at radius 2 is 0.450 bits per heavy atom. The third kappa shape index (κ3) is 12.4. The molecule has 4 aliphatic rings. The highest BCUT2D eigenvalue weighted by atomic mass is 19.3. The van der Waals surface area contributed by atoms with E-state index in [0.717, 1.165) is 25.7 Å². The van der Waals surface area contributed by atoms with Crippen molar-refractivity contribution in [3.8, 4) is 0 Å². The van der Waals surface area contributed by atoms with Gasteiger partial charge >= 0.3 is 0 Å². The average Bonchev–Trinajstić information content (AvgIpc) is 2.79. The Hall–Kier alpha value is -0.560. The highest BCUT2D eigenvalue weighted by molar-refractivity contribution is 4.84. The molecule has 0 aliphatic heterocycles. The van der Waals surface area contributed by atoms with Crippen LogP contribution in [0.1, 0.15) is 132 Å². The maximum absolute atomic E-state index is 12.8. The van der Waals surface area contributed by atoms with E-state index in [1.54, 1.807) is 27.7 Å². The van der Waals surface area contributed by atoms with Gasteiger partial charge < -0.3 is 0 Å². The smallest absolute Gasteiger partial charge is 0.207 e. The Labute approximate surface area is 238 Å². The summed E-state index contributed by atoms with van der Waals surface area (Å²) in [4.78, 5) is 0. The van der Waals surface area contributed by atoms with Crippen LogP contribution in [-0.2, 0) is 0 Å². The monoisotopic (exact) mass is 592 g/mol. The minimum absolute atomic E-state index is 0.0914. The minimum atomic E-state index is -2.39. The summed E-state index contributed by atoms with van der Waals surface area (Å²) >= 11 is 0. The zero-order valence-corrected chi connectivity index (χ0v) is 26.1. The number of hydrogen-bond acceptors (Lipinski definition) is 0. The van der Waals surface area contributed by atoms with E-state index < -0.39 is 47.4 Å². The van der Waals surface area contributed by atoms with Gasteiger partial charge in [0.15, 0.2) is 0 Å². The predicted octanol–water partition coefficient (Wildman–Crippen LogP) is 12.3. The topological polar surface area (TPSA) is 0 Å². The maximum atomic E-state index is 12.8. The summed E-state index contributed by atoms with van der Waals surface area (Å²) in [5, 5.41) is 0. The highest BCUT2D eigenvalue weighted by Crippen LogP contribution is 2.43. The molecule has 0 spiro atoms. The Morgan fingerprint density at radius 3 is 0.550 bits per heavy atom. The molecule has 0 amide bonds. The summed E-state index contributed by atoms with van der Waals surface area (Å²) < 4.78 is 103. The molecule has 4 fully saturated rings. The Morgan fingerprint density at radius 1 is 0.300 bits per heavy atom. The second-order valence-corrected chi connectivity index (χ2v) is 14.2. The normalized spacial score (nSPS) is 39.6. The van der Waals surface area contributed by atoms with E-state index in [9.17, 15) is 35.1 Å². The van der Waals surface area contributed by atoms with E-state index in [-0.39, 0.29) is 49.4 Å². The molecule has 0 radical (unpaired) electrons. The van der Waals surface area contributed by atoms with E-state index in [1.165, 1.54) is 0 Å². The first-order chi connectivity index (χ1) is 18.1. The summed E-state index contributed by atoms with van der Waals surface area (Å²) in [5.74, 6) is -10.3. The Bertz CT molecular complexity index is 602. The molecule has 8 atom stereocenters. The van der Waals surface area contributed by atoms with Crippen LogP contribution >= 0.6 is 0 Å².